The Kier molecular flexibility index (Phi) is 7.98. The van der Waals surface area contributed by atoms with Crippen molar-refractivity contribution in [3.05, 3.63) is 6.42 Å². The van der Waals surface area contributed by atoms with Crippen LogP contribution in [0.5, 0.6) is 0 Å². The molecular weight excluding hydrogens is 272 g/mol. The Morgan fingerprint density at radius 3 is 2.00 bits per heavy atom. The molecule has 125 valence electrons. The number of rotatable bonds is 7. The first-order chi connectivity index (χ1) is 9.88. The van der Waals surface area contributed by atoms with E-state index in [-0.39, 0.29) is 0 Å². The maximum atomic E-state index is 6.52. The molecule has 0 N–H and O–H groups in total. The normalized spacial score (nSPS) is 20.3. The third-order valence-corrected chi connectivity index (χ3v) is 13.5. The summed E-state index contributed by atoms with van der Waals surface area (Å²) in [4.78, 5) is 0. The van der Waals surface area contributed by atoms with Crippen molar-refractivity contribution in [2.24, 2.45) is 5.92 Å². The Labute approximate surface area is 135 Å². The van der Waals surface area contributed by atoms with Crippen molar-refractivity contribution >= 4 is 8.07 Å². The molecule has 1 rings (SSSR count). The van der Waals surface area contributed by atoms with Gasteiger partial charge in [-0.3, -0.25) is 0 Å². The van der Waals surface area contributed by atoms with Crippen LogP contribution in [0.25, 0.3) is 0 Å². The third-order valence-electron chi connectivity index (χ3n) is 5.94. The first-order valence-corrected chi connectivity index (χ1v) is 11.6. The van der Waals surface area contributed by atoms with Gasteiger partial charge in [-0.1, -0.05) is 60.8 Å². The van der Waals surface area contributed by atoms with Gasteiger partial charge in [0.25, 0.3) is 0 Å². The second kappa shape index (κ2) is 8.72. The summed E-state index contributed by atoms with van der Waals surface area (Å²) in [5.41, 5.74) is 2.86. The summed E-state index contributed by atoms with van der Waals surface area (Å²) in [6.07, 6.45) is 9.46. The Morgan fingerprint density at radius 1 is 0.952 bits per heavy atom. The van der Waals surface area contributed by atoms with E-state index in [4.69, 9.17) is 4.74 Å². The number of hydrogen-bond acceptors (Lipinski definition) is 1. The second-order valence-corrected chi connectivity index (χ2v) is 13.9. The van der Waals surface area contributed by atoms with E-state index in [2.05, 4.69) is 54.9 Å². The van der Waals surface area contributed by atoms with Crippen LogP contribution in [0.4, 0.5) is 0 Å². The highest BCUT2D eigenvalue weighted by Crippen LogP contribution is 2.48. The van der Waals surface area contributed by atoms with Crippen molar-refractivity contribution in [1.29, 1.82) is 0 Å². The molecule has 1 nitrogen and oxygen atoms in total. The third kappa shape index (κ3) is 4.13. The number of hydrogen-bond donors (Lipinski definition) is 0. The molecule has 1 aliphatic carbocycles. The highest BCUT2D eigenvalue weighted by molar-refractivity contribution is 6.84. The van der Waals surface area contributed by atoms with Crippen LogP contribution in [0.15, 0.2) is 0 Å². The molecule has 0 spiro atoms. The SMILES string of the molecule is CCOC(C1[CH]CCCCC1)[Si](C(C)C)(C(C)C)C(C)C. The van der Waals surface area contributed by atoms with Gasteiger partial charge in [0.05, 0.1) is 13.8 Å². The van der Waals surface area contributed by atoms with E-state index in [1.807, 2.05) is 0 Å². The molecule has 2 heteroatoms. The maximum absolute atomic E-state index is 6.52. The first-order valence-electron chi connectivity index (χ1n) is 9.33. The molecule has 0 aromatic heterocycles. The van der Waals surface area contributed by atoms with Gasteiger partial charge in [0, 0.05) is 6.61 Å². The van der Waals surface area contributed by atoms with E-state index in [1.165, 1.54) is 32.1 Å². The zero-order valence-corrected chi connectivity index (χ0v) is 16.6. The maximum Gasteiger partial charge on any atom is 0.0955 e. The summed E-state index contributed by atoms with van der Waals surface area (Å²) in [6, 6.07) is 0. The molecular formula is C19H39OSi. The van der Waals surface area contributed by atoms with Gasteiger partial charge in [-0.25, -0.2) is 0 Å². The quantitative estimate of drug-likeness (QED) is 0.391. The van der Waals surface area contributed by atoms with Crippen molar-refractivity contribution in [3.63, 3.8) is 0 Å². The first kappa shape index (κ1) is 19.2. The summed E-state index contributed by atoms with van der Waals surface area (Å²) in [6.45, 7) is 17.9. The standard InChI is InChI=1S/C19H39OSi/c1-8-20-19(18-13-11-9-10-12-14-18)21(15(2)3,16(4)5)17(6)7/h13,15-19H,8-12,14H2,1-7H3. The average Bonchev–Trinajstić information content (AvgIpc) is 2.65. The van der Waals surface area contributed by atoms with Crippen molar-refractivity contribution in [3.8, 4) is 0 Å². The molecule has 1 fully saturated rings. The summed E-state index contributed by atoms with van der Waals surface area (Å²) >= 11 is 0. The van der Waals surface area contributed by atoms with Crippen LogP contribution in [0.1, 0.15) is 80.6 Å². The molecule has 0 aromatic carbocycles. The molecule has 0 amide bonds. The Bertz CT molecular complexity index is 256. The predicted molar refractivity (Wildman–Crippen MR) is 97.3 cm³/mol. The molecule has 1 saturated carbocycles. The van der Waals surface area contributed by atoms with Gasteiger partial charge in [0.15, 0.2) is 0 Å². The van der Waals surface area contributed by atoms with Gasteiger partial charge in [0.1, 0.15) is 0 Å². The summed E-state index contributed by atoms with van der Waals surface area (Å²) in [5, 5.41) is 0. The van der Waals surface area contributed by atoms with Crippen LogP contribution >= 0.6 is 0 Å². The largest absolute Gasteiger partial charge is 0.382 e. The topological polar surface area (TPSA) is 9.23 Å². The summed E-state index contributed by atoms with van der Waals surface area (Å²) in [7, 11) is -1.54. The fourth-order valence-electron chi connectivity index (χ4n) is 5.23. The lowest BCUT2D eigenvalue weighted by Crippen LogP contribution is -2.59. The fraction of sp³-hybridized carbons (Fsp3) is 0.947. The molecule has 0 aromatic rings. The highest BCUT2D eigenvalue weighted by atomic mass is 28.3. The zero-order valence-electron chi connectivity index (χ0n) is 15.6. The van der Waals surface area contributed by atoms with Gasteiger partial charge in [0.2, 0.25) is 0 Å². The van der Waals surface area contributed by atoms with Gasteiger partial charge in [-0.05, 0) is 48.7 Å². The Morgan fingerprint density at radius 2 is 1.52 bits per heavy atom. The molecule has 1 aliphatic rings. The minimum atomic E-state index is -1.54. The smallest absolute Gasteiger partial charge is 0.0955 e. The molecule has 2 unspecified atom stereocenters. The van der Waals surface area contributed by atoms with Gasteiger partial charge in [-0.2, -0.15) is 0 Å². The van der Waals surface area contributed by atoms with E-state index >= 15 is 0 Å². The molecule has 0 heterocycles. The van der Waals surface area contributed by atoms with E-state index in [0.717, 1.165) is 23.2 Å². The molecule has 0 saturated heterocycles. The van der Waals surface area contributed by atoms with Crippen LogP contribution in [0.2, 0.25) is 16.6 Å². The van der Waals surface area contributed by atoms with Crippen molar-refractivity contribution in [2.45, 2.75) is 103 Å². The van der Waals surface area contributed by atoms with Gasteiger partial charge >= 0.3 is 0 Å². The molecule has 2 atom stereocenters. The number of ether oxygens (including phenoxy) is 1. The van der Waals surface area contributed by atoms with Crippen LogP contribution < -0.4 is 0 Å². The minimum absolute atomic E-state index is 0.514. The molecule has 0 bridgehead atoms. The molecule has 0 aliphatic heterocycles. The van der Waals surface area contributed by atoms with Crippen LogP contribution in [-0.2, 0) is 4.74 Å². The van der Waals surface area contributed by atoms with Crippen LogP contribution in [0.3, 0.4) is 0 Å². The van der Waals surface area contributed by atoms with Crippen LogP contribution in [0, 0.1) is 12.3 Å². The van der Waals surface area contributed by atoms with Crippen molar-refractivity contribution in [1.82, 2.24) is 0 Å². The fourth-order valence-corrected chi connectivity index (χ4v) is 12.7. The van der Waals surface area contributed by atoms with E-state index < -0.39 is 8.07 Å². The van der Waals surface area contributed by atoms with E-state index in [9.17, 15) is 0 Å². The molecule has 1 radical (unpaired) electrons. The second-order valence-electron chi connectivity index (χ2n) is 7.88. The van der Waals surface area contributed by atoms with Gasteiger partial charge in [-0.15, -0.1) is 0 Å². The Balaban J connectivity index is 3.17. The van der Waals surface area contributed by atoms with Crippen LogP contribution in [-0.4, -0.2) is 20.4 Å². The minimum Gasteiger partial charge on any atom is -0.382 e. The zero-order chi connectivity index (χ0) is 16.0. The molecule has 21 heavy (non-hydrogen) atoms. The van der Waals surface area contributed by atoms with Gasteiger partial charge < -0.3 is 4.74 Å². The van der Waals surface area contributed by atoms with Crippen molar-refractivity contribution < 1.29 is 4.74 Å². The predicted octanol–water partition coefficient (Wildman–Crippen LogP) is 6.39. The van der Waals surface area contributed by atoms with E-state index in [1.54, 1.807) is 0 Å². The highest BCUT2D eigenvalue weighted by Gasteiger charge is 2.52. The monoisotopic (exact) mass is 311 g/mol. The van der Waals surface area contributed by atoms with Crippen molar-refractivity contribution in [2.75, 3.05) is 6.61 Å². The lowest BCUT2D eigenvalue weighted by molar-refractivity contribution is 0.0706. The lowest BCUT2D eigenvalue weighted by atomic mass is 10.0. The summed E-state index contributed by atoms with van der Waals surface area (Å²) in [5.74, 6) is 0.700. The average molecular weight is 312 g/mol. The summed E-state index contributed by atoms with van der Waals surface area (Å²) < 4.78 is 6.52. The van der Waals surface area contributed by atoms with E-state index in [0.29, 0.717) is 11.6 Å². The Hall–Kier alpha value is 0.177. The lowest BCUT2D eigenvalue weighted by Gasteiger charge is -2.51.